The van der Waals surface area contributed by atoms with E-state index in [1.54, 1.807) is 12.1 Å². The molecule has 0 unspecified atom stereocenters. The first kappa shape index (κ1) is 15.3. The Labute approximate surface area is 125 Å². The maximum Gasteiger partial charge on any atom is 0.178 e. The number of hydrogen-bond donors (Lipinski definition) is 0. The number of halogens is 1. The molecule has 2 aromatic carbocycles. The number of fused-ring (bicyclic) bond motifs is 1. The molecule has 0 aromatic heterocycles. The van der Waals surface area contributed by atoms with E-state index in [-0.39, 0.29) is 5.75 Å². The molecule has 0 bridgehead atoms. The molecule has 0 spiro atoms. The lowest BCUT2D eigenvalue weighted by molar-refractivity contribution is 0.589. The summed E-state index contributed by atoms with van der Waals surface area (Å²) in [6.07, 6.45) is 3.57. The van der Waals surface area contributed by atoms with Gasteiger partial charge in [-0.25, -0.2) is 8.42 Å². The Morgan fingerprint density at radius 1 is 0.850 bits per heavy atom. The lowest BCUT2D eigenvalue weighted by Gasteiger charge is -2.06. The topological polar surface area (TPSA) is 34.1 Å². The van der Waals surface area contributed by atoms with Crippen LogP contribution in [0.5, 0.6) is 0 Å². The Bertz CT molecular complexity index is 665. The molecule has 4 heteroatoms. The Morgan fingerprint density at radius 2 is 1.55 bits per heavy atom. The van der Waals surface area contributed by atoms with Crippen LogP contribution >= 0.6 is 11.6 Å². The van der Waals surface area contributed by atoms with Crippen molar-refractivity contribution in [3.8, 4) is 0 Å². The highest BCUT2D eigenvalue weighted by Gasteiger charge is 2.14. The van der Waals surface area contributed by atoms with E-state index in [4.69, 9.17) is 11.6 Å². The third-order valence-electron chi connectivity index (χ3n) is 3.38. The fourth-order valence-corrected chi connectivity index (χ4v) is 3.81. The van der Waals surface area contributed by atoms with Crippen molar-refractivity contribution >= 4 is 32.2 Å². The van der Waals surface area contributed by atoms with Crippen molar-refractivity contribution in [2.75, 3.05) is 11.6 Å². The Balaban J connectivity index is 2.07. The summed E-state index contributed by atoms with van der Waals surface area (Å²) in [6.45, 7) is 0. The monoisotopic (exact) mass is 310 g/mol. The van der Waals surface area contributed by atoms with Gasteiger partial charge in [-0.05, 0) is 35.7 Å². The lowest BCUT2D eigenvalue weighted by atomic mass is 10.1. The van der Waals surface area contributed by atoms with Crippen LogP contribution in [0.4, 0.5) is 0 Å². The molecular weight excluding hydrogens is 292 g/mol. The normalized spacial score (nSPS) is 11.8. The Hall–Kier alpha value is -1.06. The van der Waals surface area contributed by atoms with Crippen LogP contribution in [0.3, 0.4) is 0 Å². The van der Waals surface area contributed by atoms with Gasteiger partial charge in [-0.1, -0.05) is 43.2 Å². The van der Waals surface area contributed by atoms with E-state index in [9.17, 15) is 8.42 Å². The second kappa shape index (κ2) is 7.09. The van der Waals surface area contributed by atoms with Gasteiger partial charge in [0.1, 0.15) is 0 Å². The number of hydrogen-bond acceptors (Lipinski definition) is 2. The molecule has 0 heterocycles. The molecule has 0 fully saturated rings. The molecule has 0 atom stereocenters. The van der Waals surface area contributed by atoms with Crippen LogP contribution < -0.4 is 0 Å². The van der Waals surface area contributed by atoms with Gasteiger partial charge in [0.15, 0.2) is 9.84 Å². The van der Waals surface area contributed by atoms with E-state index >= 15 is 0 Å². The fraction of sp³-hybridized carbons (Fsp3) is 0.375. The molecule has 108 valence electrons. The third-order valence-corrected chi connectivity index (χ3v) is 5.44. The molecule has 0 amide bonds. The van der Waals surface area contributed by atoms with E-state index in [0.29, 0.717) is 17.2 Å². The van der Waals surface area contributed by atoms with Crippen molar-refractivity contribution in [1.82, 2.24) is 0 Å². The van der Waals surface area contributed by atoms with Crippen molar-refractivity contribution < 1.29 is 8.42 Å². The van der Waals surface area contributed by atoms with Gasteiger partial charge in [-0.15, -0.1) is 11.6 Å². The molecule has 2 aromatic rings. The molecule has 0 saturated carbocycles. The summed E-state index contributed by atoms with van der Waals surface area (Å²) in [5, 5.41) is 2.03. The summed E-state index contributed by atoms with van der Waals surface area (Å²) in [5.74, 6) is 0.866. The van der Waals surface area contributed by atoms with Crippen LogP contribution in [0.1, 0.15) is 25.7 Å². The second-order valence-corrected chi connectivity index (χ2v) is 7.42. The third kappa shape index (κ3) is 3.97. The number of rotatable bonds is 7. The quantitative estimate of drug-likeness (QED) is 0.560. The van der Waals surface area contributed by atoms with Crippen molar-refractivity contribution in [3.63, 3.8) is 0 Å². The Kier molecular flexibility index (Phi) is 5.44. The molecule has 0 aliphatic carbocycles. The standard InChI is InChI=1S/C16H19ClO2S/c17-11-5-1-2-6-12-20(18,19)16-10-9-14-7-3-4-8-15(14)13-16/h3-4,7-10,13H,1-2,5-6,11-12H2. The molecule has 0 radical (unpaired) electrons. The zero-order valence-electron chi connectivity index (χ0n) is 11.4. The molecule has 2 nitrogen and oxygen atoms in total. The fourth-order valence-electron chi connectivity index (χ4n) is 2.22. The number of sulfone groups is 1. The summed E-state index contributed by atoms with van der Waals surface area (Å²) in [5.41, 5.74) is 0. The van der Waals surface area contributed by atoms with Crippen molar-refractivity contribution in [2.45, 2.75) is 30.6 Å². The summed E-state index contributed by atoms with van der Waals surface area (Å²) < 4.78 is 24.6. The first-order valence-electron chi connectivity index (χ1n) is 6.91. The highest BCUT2D eigenvalue weighted by atomic mass is 35.5. The SMILES string of the molecule is O=S(=O)(CCCCCCCl)c1ccc2ccccc2c1. The maximum atomic E-state index is 12.3. The van der Waals surface area contributed by atoms with Gasteiger partial charge < -0.3 is 0 Å². The number of alkyl halides is 1. The van der Waals surface area contributed by atoms with Gasteiger partial charge in [0.05, 0.1) is 10.6 Å². The van der Waals surface area contributed by atoms with Crippen molar-refractivity contribution in [2.24, 2.45) is 0 Å². The van der Waals surface area contributed by atoms with E-state index in [0.717, 1.165) is 30.0 Å². The van der Waals surface area contributed by atoms with Gasteiger partial charge in [-0.2, -0.15) is 0 Å². The van der Waals surface area contributed by atoms with Crippen LogP contribution in [0.15, 0.2) is 47.4 Å². The summed E-state index contributed by atoms with van der Waals surface area (Å²) in [6, 6.07) is 13.1. The molecular formula is C16H19ClO2S. The van der Waals surface area contributed by atoms with Crippen LogP contribution in [0.25, 0.3) is 10.8 Å². The smallest absolute Gasteiger partial charge is 0.178 e. The summed E-state index contributed by atoms with van der Waals surface area (Å²) >= 11 is 5.60. The van der Waals surface area contributed by atoms with Gasteiger partial charge in [-0.3, -0.25) is 0 Å². The minimum Gasteiger partial charge on any atom is -0.224 e. The molecule has 0 saturated heterocycles. The highest BCUT2D eigenvalue weighted by Crippen LogP contribution is 2.20. The van der Waals surface area contributed by atoms with E-state index < -0.39 is 9.84 Å². The van der Waals surface area contributed by atoms with E-state index in [2.05, 4.69) is 0 Å². The van der Waals surface area contributed by atoms with Gasteiger partial charge in [0.2, 0.25) is 0 Å². The average molecular weight is 311 g/mol. The molecule has 20 heavy (non-hydrogen) atoms. The highest BCUT2D eigenvalue weighted by molar-refractivity contribution is 7.91. The van der Waals surface area contributed by atoms with E-state index in [1.165, 1.54) is 0 Å². The predicted octanol–water partition coefficient (Wildman–Crippen LogP) is 4.41. The number of unbranched alkanes of at least 4 members (excludes halogenated alkanes) is 3. The van der Waals surface area contributed by atoms with Crippen LogP contribution in [0.2, 0.25) is 0 Å². The zero-order chi connectivity index (χ0) is 14.4. The molecule has 2 rings (SSSR count). The van der Waals surface area contributed by atoms with Crippen LogP contribution in [-0.4, -0.2) is 20.1 Å². The van der Waals surface area contributed by atoms with Crippen LogP contribution in [0, 0.1) is 0 Å². The second-order valence-electron chi connectivity index (χ2n) is 4.93. The average Bonchev–Trinajstić information content (AvgIpc) is 2.46. The van der Waals surface area contributed by atoms with Gasteiger partial charge in [0.25, 0.3) is 0 Å². The minimum absolute atomic E-state index is 0.216. The maximum absolute atomic E-state index is 12.3. The van der Waals surface area contributed by atoms with Crippen LogP contribution in [-0.2, 0) is 9.84 Å². The minimum atomic E-state index is -3.17. The van der Waals surface area contributed by atoms with E-state index in [1.807, 2.05) is 30.3 Å². The van der Waals surface area contributed by atoms with Crippen molar-refractivity contribution in [1.29, 1.82) is 0 Å². The zero-order valence-corrected chi connectivity index (χ0v) is 13.0. The predicted molar refractivity (Wildman–Crippen MR) is 85.2 cm³/mol. The summed E-state index contributed by atoms with van der Waals surface area (Å²) in [4.78, 5) is 0.425. The number of benzene rings is 2. The molecule has 0 aliphatic rings. The van der Waals surface area contributed by atoms with Gasteiger partial charge in [0, 0.05) is 5.88 Å². The lowest BCUT2D eigenvalue weighted by Crippen LogP contribution is -2.06. The molecule has 0 aliphatic heterocycles. The van der Waals surface area contributed by atoms with Gasteiger partial charge >= 0.3 is 0 Å². The first-order chi connectivity index (χ1) is 9.63. The first-order valence-corrected chi connectivity index (χ1v) is 9.10. The summed E-state index contributed by atoms with van der Waals surface area (Å²) in [7, 11) is -3.17. The van der Waals surface area contributed by atoms with Crippen molar-refractivity contribution in [3.05, 3.63) is 42.5 Å². The molecule has 0 N–H and O–H groups in total. The Morgan fingerprint density at radius 3 is 2.30 bits per heavy atom. The largest absolute Gasteiger partial charge is 0.224 e.